The third kappa shape index (κ3) is 3.56. The molecule has 8 heteroatoms. The van der Waals surface area contributed by atoms with Crippen LogP contribution >= 0.6 is 23.2 Å². The van der Waals surface area contributed by atoms with Crippen LogP contribution in [0, 0.1) is 0 Å². The molecule has 3 N–H and O–H groups in total. The Bertz CT molecular complexity index is 1390. The van der Waals surface area contributed by atoms with E-state index in [0.717, 1.165) is 59.5 Å². The summed E-state index contributed by atoms with van der Waals surface area (Å²) in [5.74, 6) is 0. The largest absolute Gasteiger partial charge is 0.394 e. The molecule has 5 rings (SSSR count). The number of nitrogens with zero attached hydrogens (tertiary/aromatic N) is 2. The molecule has 32 heavy (non-hydrogen) atoms. The van der Waals surface area contributed by atoms with Crippen molar-refractivity contribution in [2.45, 2.75) is 45.3 Å². The summed E-state index contributed by atoms with van der Waals surface area (Å²) in [7, 11) is 0. The number of anilines is 1. The summed E-state index contributed by atoms with van der Waals surface area (Å²) in [6, 6.07) is 7.44. The minimum absolute atomic E-state index is 0.126. The van der Waals surface area contributed by atoms with Crippen molar-refractivity contribution in [1.82, 2.24) is 14.8 Å². The lowest BCUT2D eigenvalue weighted by Crippen LogP contribution is -2.18. The molecular formula is C24H24Cl2N4O2. The van der Waals surface area contributed by atoms with E-state index in [-0.39, 0.29) is 17.5 Å². The lowest BCUT2D eigenvalue weighted by molar-refractivity contribution is -0.0390. The number of aryl methyl sites for hydroxylation is 1. The average molecular weight is 471 g/mol. The third-order valence-corrected chi connectivity index (χ3v) is 6.61. The van der Waals surface area contributed by atoms with Gasteiger partial charge in [-0.15, -0.1) is 0 Å². The van der Waals surface area contributed by atoms with E-state index < -0.39 is 0 Å². The average Bonchev–Trinajstić information content (AvgIpc) is 3.24. The van der Waals surface area contributed by atoms with Crippen molar-refractivity contribution in [1.29, 1.82) is 0 Å². The number of aromatic nitrogens is 3. The molecule has 0 spiro atoms. The Hall–Kier alpha value is -2.54. The Balaban J connectivity index is 1.81. The highest BCUT2D eigenvalue weighted by atomic mass is 35.5. The van der Waals surface area contributed by atoms with Gasteiger partial charge in [-0.1, -0.05) is 42.6 Å². The minimum Gasteiger partial charge on any atom is -0.394 e. The fourth-order valence-corrected chi connectivity index (χ4v) is 5.04. The number of hydrogen-bond donors (Lipinski definition) is 2. The molecule has 3 heterocycles. The predicted octanol–water partition coefficient (Wildman–Crippen LogP) is 6.09. The van der Waals surface area contributed by atoms with E-state index in [9.17, 15) is 4.79 Å². The predicted molar refractivity (Wildman–Crippen MR) is 131 cm³/mol. The molecule has 1 unspecified atom stereocenters. The maximum absolute atomic E-state index is 12.8. The summed E-state index contributed by atoms with van der Waals surface area (Å²) in [5.41, 5.74) is 10.0. The summed E-state index contributed by atoms with van der Waals surface area (Å²) < 4.78 is 7.74. The second-order valence-electron chi connectivity index (χ2n) is 8.27. The topological polar surface area (TPSA) is 85.9 Å². The number of nitrogen functional groups attached to an aromatic ring is 1. The van der Waals surface area contributed by atoms with Gasteiger partial charge in [0.2, 0.25) is 0 Å². The van der Waals surface area contributed by atoms with E-state index in [1.807, 2.05) is 29.1 Å². The van der Waals surface area contributed by atoms with Crippen molar-refractivity contribution in [3.05, 3.63) is 56.4 Å². The first-order chi connectivity index (χ1) is 15.5. The van der Waals surface area contributed by atoms with Gasteiger partial charge < -0.3 is 15.5 Å². The molecule has 1 atom stereocenters. The smallest absolute Gasteiger partial charge is 0.272 e. The van der Waals surface area contributed by atoms with E-state index in [0.29, 0.717) is 27.7 Å². The molecule has 1 aliphatic rings. The van der Waals surface area contributed by atoms with Gasteiger partial charge in [-0.3, -0.25) is 4.79 Å². The first-order valence-electron chi connectivity index (χ1n) is 10.9. The Labute approximate surface area is 195 Å². The lowest BCUT2D eigenvalue weighted by Gasteiger charge is -2.22. The Morgan fingerprint density at radius 1 is 1.25 bits per heavy atom. The number of nitrogens with two attached hydrogens (primary N) is 1. The molecule has 166 valence electrons. The van der Waals surface area contributed by atoms with Gasteiger partial charge >= 0.3 is 0 Å². The summed E-state index contributed by atoms with van der Waals surface area (Å²) in [6.07, 6.45) is 6.58. The standard InChI is InChI=1S/C24H24Cl2N4O2/c1-2-5-13-10-14(25)11-16-20(21(27)24(31)28-22(13)16)15-7-8-18(26)23-17(15)12-30(29-23)19-6-3-4-9-32-19/h7-8,10-12,19H,2-6,9,27H2,1H3,(H,28,31). The van der Waals surface area contributed by atoms with Crippen LogP contribution in [0.1, 0.15) is 44.4 Å². The van der Waals surface area contributed by atoms with Crippen molar-refractivity contribution in [2.75, 3.05) is 12.3 Å². The second-order valence-corrected chi connectivity index (χ2v) is 9.11. The van der Waals surface area contributed by atoms with Crippen molar-refractivity contribution in [3.8, 4) is 11.1 Å². The van der Waals surface area contributed by atoms with E-state index in [1.165, 1.54) is 0 Å². The molecular weight excluding hydrogens is 447 g/mol. The molecule has 1 aliphatic heterocycles. The first kappa shape index (κ1) is 21.3. The van der Waals surface area contributed by atoms with Gasteiger partial charge in [0.1, 0.15) is 17.4 Å². The zero-order valence-corrected chi connectivity index (χ0v) is 19.3. The van der Waals surface area contributed by atoms with E-state index in [1.54, 1.807) is 6.07 Å². The van der Waals surface area contributed by atoms with Gasteiger partial charge in [0.15, 0.2) is 0 Å². The Morgan fingerprint density at radius 3 is 2.84 bits per heavy atom. The molecule has 1 fully saturated rings. The number of hydrogen-bond acceptors (Lipinski definition) is 4. The molecule has 4 aromatic rings. The molecule has 0 radical (unpaired) electrons. The number of pyridine rings is 1. The quantitative estimate of drug-likeness (QED) is 0.378. The van der Waals surface area contributed by atoms with Gasteiger partial charge in [-0.05, 0) is 55.0 Å². The zero-order valence-electron chi connectivity index (χ0n) is 17.8. The van der Waals surface area contributed by atoms with E-state index >= 15 is 0 Å². The van der Waals surface area contributed by atoms with E-state index in [4.69, 9.17) is 38.8 Å². The van der Waals surface area contributed by atoms with Crippen LogP contribution in [0.2, 0.25) is 10.0 Å². The summed E-state index contributed by atoms with van der Waals surface area (Å²) in [4.78, 5) is 15.8. The fraction of sp³-hybridized carbons (Fsp3) is 0.333. The van der Waals surface area contributed by atoms with Crippen LogP contribution in [0.4, 0.5) is 5.69 Å². The number of fused-ring (bicyclic) bond motifs is 2. The maximum Gasteiger partial charge on any atom is 0.272 e. The number of aromatic amines is 1. The van der Waals surface area contributed by atoms with Crippen molar-refractivity contribution >= 4 is 50.7 Å². The molecule has 0 aliphatic carbocycles. The molecule has 1 saturated heterocycles. The highest BCUT2D eigenvalue weighted by Crippen LogP contribution is 2.40. The first-order valence-corrected chi connectivity index (χ1v) is 11.7. The molecule has 0 saturated carbocycles. The lowest BCUT2D eigenvalue weighted by atomic mass is 9.94. The number of nitrogens with one attached hydrogen (secondary N) is 1. The van der Waals surface area contributed by atoms with Crippen LogP contribution in [-0.2, 0) is 11.2 Å². The third-order valence-electron chi connectivity index (χ3n) is 6.09. The van der Waals surface area contributed by atoms with Crippen LogP contribution in [0.25, 0.3) is 32.9 Å². The van der Waals surface area contributed by atoms with Crippen LogP contribution in [0.3, 0.4) is 0 Å². The number of rotatable bonds is 4. The number of halogens is 2. The molecule has 2 aromatic heterocycles. The van der Waals surface area contributed by atoms with Gasteiger partial charge in [0.25, 0.3) is 5.56 Å². The molecule has 0 amide bonds. The number of H-pyrrole nitrogens is 1. The molecule has 0 bridgehead atoms. The Kier molecular flexibility index (Phi) is 5.61. The molecule has 6 nitrogen and oxygen atoms in total. The van der Waals surface area contributed by atoms with Crippen molar-refractivity contribution < 1.29 is 4.74 Å². The summed E-state index contributed by atoms with van der Waals surface area (Å²) in [6.45, 7) is 2.80. The number of benzene rings is 2. The highest BCUT2D eigenvalue weighted by Gasteiger charge is 2.22. The van der Waals surface area contributed by atoms with Crippen molar-refractivity contribution in [3.63, 3.8) is 0 Å². The monoisotopic (exact) mass is 470 g/mol. The van der Waals surface area contributed by atoms with Crippen LogP contribution in [-0.4, -0.2) is 21.4 Å². The zero-order chi connectivity index (χ0) is 22.4. The fourth-order valence-electron chi connectivity index (χ4n) is 4.59. The Morgan fingerprint density at radius 2 is 2.09 bits per heavy atom. The maximum atomic E-state index is 12.8. The minimum atomic E-state index is -0.321. The van der Waals surface area contributed by atoms with Gasteiger partial charge in [0.05, 0.1) is 10.5 Å². The van der Waals surface area contributed by atoms with Crippen LogP contribution in [0.15, 0.2) is 35.3 Å². The van der Waals surface area contributed by atoms with Crippen LogP contribution in [0.5, 0.6) is 0 Å². The molecule has 2 aromatic carbocycles. The highest BCUT2D eigenvalue weighted by molar-refractivity contribution is 6.36. The van der Waals surface area contributed by atoms with Crippen LogP contribution < -0.4 is 11.3 Å². The van der Waals surface area contributed by atoms with Gasteiger partial charge in [0, 0.05) is 34.2 Å². The van der Waals surface area contributed by atoms with E-state index in [2.05, 4.69) is 11.9 Å². The van der Waals surface area contributed by atoms with Gasteiger partial charge in [-0.2, -0.15) is 5.10 Å². The van der Waals surface area contributed by atoms with Gasteiger partial charge in [-0.25, -0.2) is 4.68 Å². The SMILES string of the molecule is CCCc1cc(Cl)cc2c(-c3ccc(Cl)c4nn(C5CCCCO5)cc34)c(N)c(=O)[nH]c12. The summed E-state index contributed by atoms with van der Waals surface area (Å²) >= 11 is 13.0. The summed E-state index contributed by atoms with van der Waals surface area (Å²) in [5, 5.41) is 7.50. The normalized spacial score (nSPS) is 16.8. The second kappa shape index (κ2) is 8.43. The van der Waals surface area contributed by atoms with Crippen molar-refractivity contribution in [2.24, 2.45) is 0 Å². The number of ether oxygens (including phenoxy) is 1.